The van der Waals surface area contributed by atoms with E-state index in [1.165, 1.54) is 31.4 Å². The summed E-state index contributed by atoms with van der Waals surface area (Å²) >= 11 is 0. The van der Waals surface area contributed by atoms with E-state index in [2.05, 4.69) is 54.8 Å². The lowest BCUT2D eigenvalue weighted by Crippen LogP contribution is -2.46. The molecule has 2 aliphatic rings. The molecule has 1 aliphatic heterocycles. The van der Waals surface area contributed by atoms with E-state index in [1.54, 1.807) is 0 Å². The van der Waals surface area contributed by atoms with Gasteiger partial charge in [-0.25, -0.2) is 0 Å². The van der Waals surface area contributed by atoms with Crippen LogP contribution in [0.25, 0.3) is 0 Å². The van der Waals surface area contributed by atoms with Crippen LogP contribution in [0.2, 0.25) is 0 Å². The standard InChI is InChI=1S/C26H42N2O3/c1-5-30-25(29)7-6-16-27-17-19-28(20-18-27)22-10-14-24(15-11-22)31-23-12-8-21(9-13-23)26(2,3)4/h10-11,14-15,21,23H,5-9,12-13,16-20H2,1-4H3/t21-,23-. The maximum absolute atomic E-state index is 11.5. The molecule has 1 heterocycles. The minimum atomic E-state index is -0.0781. The second-order valence-electron chi connectivity index (χ2n) is 10.2. The second kappa shape index (κ2) is 11.2. The lowest BCUT2D eigenvalue weighted by atomic mass is 9.72. The van der Waals surface area contributed by atoms with Crippen molar-refractivity contribution in [2.24, 2.45) is 11.3 Å². The van der Waals surface area contributed by atoms with Crippen LogP contribution in [0, 0.1) is 11.3 Å². The Hall–Kier alpha value is -1.75. The average molecular weight is 431 g/mol. The predicted molar refractivity (Wildman–Crippen MR) is 127 cm³/mol. The molecule has 0 aromatic heterocycles. The summed E-state index contributed by atoms with van der Waals surface area (Å²) in [7, 11) is 0. The normalized spacial score (nSPS) is 22.9. The van der Waals surface area contributed by atoms with Crippen molar-refractivity contribution in [2.75, 3.05) is 44.2 Å². The van der Waals surface area contributed by atoms with Gasteiger partial charge in [0.2, 0.25) is 0 Å². The molecule has 5 heteroatoms. The predicted octanol–water partition coefficient (Wildman–Crippen LogP) is 5.14. The molecule has 0 N–H and O–H groups in total. The van der Waals surface area contributed by atoms with Gasteiger partial charge in [0.1, 0.15) is 5.75 Å². The first-order valence-corrected chi connectivity index (χ1v) is 12.2. The van der Waals surface area contributed by atoms with Crippen LogP contribution in [0.1, 0.15) is 66.2 Å². The van der Waals surface area contributed by atoms with E-state index in [-0.39, 0.29) is 5.97 Å². The fraction of sp³-hybridized carbons (Fsp3) is 0.731. The number of anilines is 1. The first kappa shape index (κ1) is 23.9. The molecular weight excluding hydrogens is 388 g/mol. The summed E-state index contributed by atoms with van der Waals surface area (Å²) in [5.41, 5.74) is 1.69. The smallest absolute Gasteiger partial charge is 0.305 e. The van der Waals surface area contributed by atoms with E-state index < -0.39 is 0 Å². The highest BCUT2D eigenvalue weighted by Gasteiger charge is 2.30. The molecule has 1 saturated heterocycles. The number of piperazine rings is 1. The summed E-state index contributed by atoms with van der Waals surface area (Å²) in [5, 5.41) is 0. The lowest BCUT2D eigenvalue weighted by molar-refractivity contribution is -0.143. The minimum Gasteiger partial charge on any atom is -0.490 e. The fourth-order valence-electron chi connectivity index (χ4n) is 4.88. The van der Waals surface area contributed by atoms with Gasteiger partial charge in [-0.15, -0.1) is 0 Å². The van der Waals surface area contributed by atoms with Gasteiger partial charge < -0.3 is 14.4 Å². The average Bonchev–Trinajstić information content (AvgIpc) is 2.75. The van der Waals surface area contributed by atoms with Crippen molar-refractivity contribution < 1.29 is 14.3 Å². The van der Waals surface area contributed by atoms with E-state index >= 15 is 0 Å². The molecule has 1 aliphatic carbocycles. The zero-order valence-electron chi connectivity index (χ0n) is 20.1. The van der Waals surface area contributed by atoms with Crippen LogP contribution in [0.5, 0.6) is 5.75 Å². The number of carbonyl (C=O) groups is 1. The molecule has 3 rings (SSSR count). The largest absolute Gasteiger partial charge is 0.490 e. The van der Waals surface area contributed by atoms with Crippen LogP contribution in [-0.4, -0.2) is 56.3 Å². The highest BCUT2D eigenvalue weighted by Crippen LogP contribution is 2.38. The molecule has 1 saturated carbocycles. The number of rotatable bonds is 8. The number of carbonyl (C=O) groups excluding carboxylic acids is 1. The summed E-state index contributed by atoms with van der Waals surface area (Å²) in [6, 6.07) is 8.67. The Labute approximate surface area is 189 Å². The van der Waals surface area contributed by atoms with Crippen molar-refractivity contribution in [2.45, 2.75) is 72.3 Å². The molecule has 0 unspecified atom stereocenters. The number of esters is 1. The van der Waals surface area contributed by atoms with Crippen LogP contribution < -0.4 is 9.64 Å². The Morgan fingerprint density at radius 3 is 2.23 bits per heavy atom. The number of benzene rings is 1. The summed E-state index contributed by atoms with van der Waals surface area (Å²) in [6.45, 7) is 14.5. The summed E-state index contributed by atoms with van der Waals surface area (Å²) in [4.78, 5) is 16.4. The van der Waals surface area contributed by atoms with Gasteiger partial charge in [-0.3, -0.25) is 9.69 Å². The Morgan fingerprint density at radius 1 is 1.00 bits per heavy atom. The zero-order valence-corrected chi connectivity index (χ0v) is 20.1. The third kappa shape index (κ3) is 7.41. The Balaban J connectivity index is 1.38. The van der Waals surface area contributed by atoms with E-state index in [0.717, 1.165) is 50.8 Å². The number of nitrogens with zero attached hydrogens (tertiary/aromatic N) is 2. The molecule has 0 bridgehead atoms. The van der Waals surface area contributed by atoms with Crippen LogP contribution in [-0.2, 0) is 9.53 Å². The number of hydrogen-bond donors (Lipinski definition) is 0. The molecule has 0 atom stereocenters. The maximum Gasteiger partial charge on any atom is 0.305 e. The van der Waals surface area contributed by atoms with Crippen molar-refractivity contribution in [3.05, 3.63) is 24.3 Å². The SMILES string of the molecule is CCOC(=O)CCCN1CCN(c2ccc(O[C@H]3CC[C@H](C(C)(C)C)CC3)cc2)CC1. The quantitative estimate of drug-likeness (QED) is 0.535. The van der Waals surface area contributed by atoms with Gasteiger partial charge in [-0.2, -0.15) is 0 Å². The van der Waals surface area contributed by atoms with Crippen LogP contribution in [0.15, 0.2) is 24.3 Å². The third-order valence-electron chi connectivity index (χ3n) is 6.94. The second-order valence-corrected chi connectivity index (χ2v) is 10.2. The van der Waals surface area contributed by atoms with Gasteiger partial charge >= 0.3 is 5.97 Å². The lowest BCUT2D eigenvalue weighted by Gasteiger charge is -2.37. The van der Waals surface area contributed by atoms with Gasteiger partial charge in [-0.05, 0) is 81.2 Å². The van der Waals surface area contributed by atoms with Gasteiger partial charge in [0.25, 0.3) is 0 Å². The molecule has 2 fully saturated rings. The Kier molecular flexibility index (Phi) is 8.65. The van der Waals surface area contributed by atoms with Crippen LogP contribution in [0.3, 0.4) is 0 Å². The number of ether oxygens (including phenoxy) is 2. The maximum atomic E-state index is 11.5. The Bertz CT molecular complexity index is 667. The zero-order chi connectivity index (χ0) is 22.3. The summed E-state index contributed by atoms with van der Waals surface area (Å²) in [5.74, 6) is 1.74. The number of hydrogen-bond acceptors (Lipinski definition) is 5. The highest BCUT2D eigenvalue weighted by atomic mass is 16.5. The van der Waals surface area contributed by atoms with E-state index in [0.29, 0.717) is 24.5 Å². The van der Waals surface area contributed by atoms with E-state index in [9.17, 15) is 4.79 Å². The molecule has 174 valence electrons. The minimum absolute atomic E-state index is 0.0781. The third-order valence-corrected chi connectivity index (χ3v) is 6.94. The molecule has 0 amide bonds. The van der Waals surface area contributed by atoms with Crippen molar-refractivity contribution in [1.29, 1.82) is 0 Å². The summed E-state index contributed by atoms with van der Waals surface area (Å²) < 4.78 is 11.3. The van der Waals surface area contributed by atoms with Crippen molar-refractivity contribution in [3.63, 3.8) is 0 Å². The van der Waals surface area contributed by atoms with Gasteiger partial charge in [0.05, 0.1) is 12.7 Å². The fourth-order valence-corrected chi connectivity index (χ4v) is 4.88. The monoisotopic (exact) mass is 430 g/mol. The molecular formula is C26H42N2O3. The Morgan fingerprint density at radius 2 is 1.65 bits per heavy atom. The summed E-state index contributed by atoms with van der Waals surface area (Å²) in [6.07, 6.45) is 6.65. The van der Waals surface area contributed by atoms with Crippen molar-refractivity contribution in [1.82, 2.24) is 4.90 Å². The topological polar surface area (TPSA) is 42.0 Å². The van der Waals surface area contributed by atoms with Crippen LogP contribution in [0.4, 0.5) is 5.69 Å². The van der Waals surface area contributed by atoms with Crippen molar-refractivity contribution >= 4 is 11.7 Å². The molecule has 0 radical (unpaired) electrons. The van der Waals surface area contributed by atoms with Gasteiger partial charge in [-0.1, -0.05) is 20.8 Å². The molecule has 31 heavy (non-hydrogen) atoms. The molecule has 1 aromatic rings. The van der Waals surface area contributed by atoms with E-state index in [1.807, 2.05) is 6.92 Å². The first-order valence-electron chi connectivity index (χ1n) is 12.2. The van der Waals surface area contributed by atoms with Gasteiger partial charge in [0, 0.05) is 38.3 Å². The molecule has 1 aromatic carbocycles. The molecule has 0 spiro atoms. The van der Waals surface area contributed by atoms with E-state index in [4.69, 9.17) is 9.47 Å². The van der Waals surface area contributed by atoms with Crippen molar-refractivity contribution in [3.8, 4) is 5.75 Å². The van der Waals surface area contributed by atoms with Gasteiger partial charge in [0.15, 0.2) is 0 Å². The highest BCUT2D eigenvalue weighted by molar-refractivity contribution is 5.69. The first-order chi connectivity index (χ1) is 14.8. The molecule has 5 nitrogen and oxygen atoms in total. The van der Waals surface area contributed by atoms with Crippen LogP contribution >= 0.6 is 0 Å².